The number of aromatic amines is 1. The summed E-state index contributed by atoms with van der Waals surface area (Å²) < 4.78 is 40.0. The Morgan fingerprint density at radius 3 is 2.60 bits per heavy atom. The predicted molar refractivity (Wildman–Crippen MR) is 91.1 cm³/mol. The number of aromatic nitrogens is 1. The minimum Gasteiger partial charge on any atom is -0.357 e. The molecule has 1 saturated carbocycles. The second-order valence-corrected chi connectivity index (χ2v) is 7.24. The van der Waals surface area contributed by atoms with Gasteiger partial charge in [-0.05, 0) is 49.4 Å². The van der Waals surface area contributed by atoms with Crippen LogP contribution in [0.25, 0.3) is 10.9 Å². The number of carbonyl (C=O) groups excluding carboxylic acids is 1. The molecule has 25 heavy (non-hydrogen) atoms. The van der Waals surface area contributed by atoms with Crippen LogP contribution in [0.1, 0.15) is 56.4 Å². The first-order valence-electron chi connectivity index (χ1n) is 8.73. The van der Waals surface area contributed by atoms with Crippen LogP contribution >= 0.6 is 0 Å². The Morgan fingerprint density at radius 1 is 1.28 bits per heavy atom. The molecule has 0 radical (unpaired) electrons. The molecule has 1 aliphatic carbocycles. The van der Waals surface area contributed by atoms with Gasteiger partial charge in [-0.1, -0.05) is 20.3 Å². The summed E-state index contributed by atoms with van der Waals surface area (Å²) in [6.07, 6.45) is -0.607. The van der Waals surface area contributed by atoms with Gasteiger partial charge in [0.05, 0.1) is 12.1 Å². The number of H-pyrrole nitrogens is 1. The van der Waals surface area contributed by atoms with Gasteiger partial charge in [-0.3, -0.25) is 4.79 Å². The van der Waals surface area contributed by atoms with Gasteiger partial charge in [0.1, 0.15) is 0 Å². The highest BCUT2D eigenvalue weighted by Gasteiger charge is 2.44. The van der Waals surface area contributed by atoms with Crippen molar-refractivity contribution in [1.82, 2.24) is 10.3 Å². The molecule has 1 fully saturated rings. The minimum absolute atomic E-state index is 0.00534. The van der Waals surface area contributed by atoms with E-state index in [0.717, 1.165) is 25.7 Å². The Bertz CT molecular complexity index is 788. The van der Waals surface area contributed by atoms with Crippen LogP contribution in [-0.2, 0) is 23.9 Å². The number of aryl methyl sites for hydroxylation is 1. The van der Waals surface area contributed by atoms with Crippen molar-refractivity contribution < 1.29 is 18.0 Å². The molecule has 2 N–H and O–H groups in total. The fourth-order valence-corrected chi connectivity index (χ4v) is 3.02. The Morgan fingerprint density at radius 2 is 2.00 bits per heavy atom. The molecule has 1 aliphatic rings. The van der Waals surface area contributed by atoms with E-state index in [-0.39, 0.29) is 11.3 Å². The van der Waals surface area contributed by atoms with E-state index in [2.05, 4.69) is 10.3 Å². The van der Waals surface area contributed by atoms with Gasteiger partial charge in [0.15, 0.2) is 0 Å². The Hall–Kier alpha value is -1.98. The summed E-state index contributed by atoms with van der Waals surface area (Å²) >= 11 is 0. The number of hydrogen-bond acceptors (Lipinski definition) is 1. The lowest BCUT2D eigenvalue weighted by molar-refractivity contribution is -0.138. The molecule has 0 atom stereocenters. The fourth-order valence-electron chi connectivity index (χ4n) is 3.02. The van der Waals surface area contributed by atoms with Crippen LogP contribution in [0.3, 0.4) is 0 Å². The topological polar surface area (TPSA) is 44.9 Å². The van der Waals surface area contributed by atoms with Crippen LogP contribution in [0.4, 0.5) is 13.2 Å². The predicted octanol–water partition coefficient (Wildman–Crippen LogP) is 4.95. The maximum absolute atomic E-state index is 13.3. The highest BCUT2D eigenvalue weighted by atomic mass is 19.4. The molecule has 1 amide bonds. The summed E-state index contributed by atoms with van der Waals surface area (Å²) in [5.41, 5.74) is 0.899. The van der Waals surface area contributed by atoms with Crippen molar-refractivity contribution in [2.24, 2.45) is 5.41 Å². The third kappa shape index (κ3) is 3.83. The van der Waals surface area contributed by atoms with Crippen LogP contribution in [0.15, 0.2) is 18.2 Å². The van der Waals surface area contributed by atoms with Crippen molar-refractivity contribution in [2.45, 2.75) is 58.7 Å². The van der Waals surface area contributed by atoms with E-state index in [1.807, 2.05) is 13.8 Å². The molecule has 3 nitrogen and oxygen atoms in total. The zero-order chi connectivity index (χ0) is 18.2. The standard InChI is InChI=1S/C19H23F3N2O/c1-3-4-5-12-10-16-13(9-15(12)19(20,21)22)8-14(24-16)11-23-17(25)18(2)6-7-18/h8-10,24H,3-7,11H2,1-2H3,(H,23,25). The maximum atomic E-state index is 13.3. The SMILES string of the molecule is CCCCc1cc2[nH]c(CNC(=O)C3(C)CC3)cc2cc1C(F)(F)F. The number of benzene rings is 1. The van der Waals surface area contributed by atoms with E-state index in [1.54, 1.807) is 12.1 Å². The summed E-state index contributed by atoms with van der Waals surface area (Å²) in [4.78, 5) is 15.1. The largest absolute Gasteiger partial charge is 0.416 e. The van der Waals surface area contributed by atoms with Crippen molar-refractivity contribution in [2.75, 3.05) is 0 Å². The molecule has 1 aromatic heterocycles. The number of alkyl halides is 3. The molecule has 0 spiro atoms. The molecule has 2 aromatic rings. The second kappa shape index (κ2) is 6.39. The Kier molecular flexibility index (Phi) is 4.56. The van der Waals surface area contributed by atoms with Crippen LogP contribution in [0, 0.1) is 5.41 Å². The first kappa shape index (κ1) is 17.8. The monoisotopic (exact) mass is 352 g/mol. The minimum atomic E-state index is -4.36. The third-order valence-electron chi connectivity index (χ3n) is 4.99. The van der Waals surface area contributed by atoms with Crippen molar-refractivity contribution >= 4 is 16.8 Å². The number of carbonyl (C=O) groups is 1. The van der Waals surface area contributed by atoms with Crippen LogP contribution in [-0.4, -0.2) is 10.9 Å². The van der Waals surface area contributed by atoms with Gasteiger partial charge in [0.25, 0.3) is 0 Å². The number of halogens is 3. The summed E-state index contributed by atoms with van der Waals surface area (Å²) in [6.45, 7) is 4.18. The van der Waals surface area contributed by atoms with Gasteiger partial charge in [0, 0.05) is 22.0 Å². The molecule has 3 rings (SSSR count). The molecule has 1 aromatic carbocycles. The summed E-state index contributed by atoms with van der Waals surface area (Å²) in [7, 11) is 0. The molecule has 0 saturated heterocycles. The molecular formula is C19H23F3N2O. The smallest absolute Gasteiger partial charge is 0.357 e. The maximum Gasteiger partial charge on any atom is 0.416 e. The molecule has 136 valence electrons. The first-order chi connectivity index (χ1) is 11.7. The average Bonchev–Trinajstić information content (AvgIpc) is 3.17. The Labute approximate surface area is 145 Å². The van der Waals surface area contributed by atoms with Gasteiger partial charge < -0.3 is 10.3 Å². The number of hydrogen-bond donors (Lipinski definition) is 2. The molecular weight excluding hydrogens is 329 g/mol. The number of fused-ring (bicyclic) bond motifs is 1. The van der Waals surface area contributed by atoms with Crippen LogP contribution in [0.5, 0.6) is 0 Å². The first-order valence-corrected chi connectivity index (χ1v) is 8.73. The van der Waals surface area contributed by atoms with E-state index in [4.69, 9.17) is 0 Å². The van der Waals surface area contributed by atoms with Gasteiger partial charge in [-0.25, -0.2) is 0 Å². The number of rotatable bonds is 6. The quantitative estimate of drug-likeness (QED) is 0.759. The van der Waals surface area contributed by atoms with E-state index >= 15 is 0 Å². The summed E-state index contributed by atoms with van der Waals surface area (Å²) in [5.74, 6) is 0.00534. The molecule has 6 heteroatoms. The number of unbranched alkanes of at least 4 members (excludes halogenated alkanes) is 1. The summed E-state index contributed by atoms with van der Waals surface area (Å²) in [5, 5.41) is 3.39. The molecule has 0 bridgehead atoms. The van der Waals surface area contributed by atoms with Crippen molar-refractivity contribution in [3.8, 4) is 0 Å². The lowest BCUT2D eigenvalue weighted by atomic mass is 9.99. The van der Waals surface area contributed by atoms with Gasteiger partial charge in [0.2, 0.25) is 5.91 Å². The zero-order valence-corrected chi connectivity index (χ0v) is 14.5. The normalized spacial score (nSPS) is 16.2. The lowest BCUT2D eigenvalue weighted by Gasteiger charge is -2.13. The van der Waals surface area contributed by atoms with Gasteiger partial charge in [-0.15, -0.1) is 0 Å². The third-order valence-corrected chi connectivity index (χ3v) is 4.99. The van der Waals surface area contributed by atoms with Gasteiger partial charge >= 0.3 is 6.18 Å². The highest BCUT2D eigenvalue weighted by molar-refractivity contribution is 5.85. The van der Waals surface area contributed by atoms with Crippen LogP contribution < -0.4 is 5.32 Å². The fraction of sp³-hybridized carbons (Fsp3) is 0.526. The molecule has 0 unspecified atom stereocenters. The lowest BCUT2D eigenvalue weighted by Crippen LogP contribution is -2.29. The molecule has 0 aliphatic heterocycles. The van der Waals surface area contributed by atoms with E-state index < -0.39 is 11.7 Å². The number of nitrogens with one attached hydrogen (secondary N) is 2. The Balaban J connectivity index is 1.84. The molecule has 1 heterocycles. The van der Waals surface area contributed by atoms with Crippen molar-refractivity contribution in [1.29, 1.82) is 0 Å². The number of amides is 1. The van der Waals surface area contributed by atoms with E-state index in [1.165, 1.54) is 6.07 Å². The highest BCUT2D eigenvalue weighted by Crippen LogP contribution is 2.45. The zero-order valence-electron chi connectivity index (χ0n) is 14.5. The van der Waals surface area contributed by atoms with Crippen molar-refractivity contribution in [3.63, 3.8) is 0 Å². The van der Waals surface area contributed by atoms with E-state index in [0.29, 0.717) is 35.1 Å². The van der Waals surface area contributed by atoms with Crippen LogP contribution in [0.2, 0.25) is 0 Å². The summed E-state index contributed by atoms with van der Waals surface area (Å²) in [6, 6.07) is 4.50. The van der Waals surface area contributed by atoms with Gasteiger partial charge in [-0.2, -0.15) is 13.2 Å². The van der Waals surface area contributed by atoms with Crippen molar-refractivity contribution in [3.05, 3.63) is 35.0 Å². The van der Waals surface area contributed by atoms with E-state index in [9.17, 15) is 18.0 Å². The second-order valence-electron chi connectivity index (χ2n) is 7.24. The average molecular weight is 352 g/mol.